The predicted octanol–water partition coefficient (Wildman–Crippen LogP) is 3.83. The molecular formula is C21H29N5. The van der Waals surface area contributed by atoms with Crippen molar-refractivity contribution in [1.29, 1.82) is 0 Å². The third-order valence-electron chi connectivity index (χ3n) is 7.16. The van der Waals surface area contributed by atoms with E-state index in [1.54, 1.807) is 11.9 Å². The lowest BCUT2D eigenvalue weighted by molar-refractivity contribution is 0.259. The molecule has 2 aromatic heterocycles. The summed E-state index contributed by atoms with van der Waals surface area (Å²) in [4.78, 5) is 8.61. The molecule has 3 N–H and O–H groups in total. The summed E-state index contributed by atoms with van der Waals surface area (Å²) < 4.78 is 2.33. The van der Waals surface area contributed by atoms with Gasteiger partial charge < -0.3 is 15.6 Å². The zero-order valence-electron chi connectivity index (χ0n) is 15.5. The van der Waals surface area contributed by atoms with E-state index in [-0.39, 0.29) is 0 Å². The van der Waals surface area contributed by atoms with E-state index >= 15 is 0 Å². The summed E-state index contributed by atoms with van der Waals surface area (Å²) in [6.07, 6.45) is 17.0. The van der Waals surface area contributed by atoms with Crippen LogP contribution in [-0.2, 0) is 0 Å². The highest BCUT2D eigenvalue weighted by molar-refractivity contribution is 5.86. The van der Waals surface area contributed by atoms with Crippen LogP contribution in [0.5, 0.6) is 0 Å². The topological polar surface area (TPSA) is 68.8 Å². The van der Waals surface area contributed by atoms with Crippen LogP contribution in [0.4, 0.5) is 5.82 Å². The van der Waals surface area contributed by atoms with Gasteiger partial charge in [-0.15, -0.1) is 0 Å². The van der Waals surface area contributed by atoms with Crippen LogP contribution in [0.2, 0.25) is 0 Å². The van der Waals surface area contributed by atoms with Crippen LogP contribution in [0.3, 0.4) is 0 Å². The molecule has 138 valence electrons. The maximum absolute atomic E-state index is 6.00. The first-order valence-electron chi connectivity index (χ1n) is 10.2. The second-order valence-corrected chi connectivity index (χ2v) is 8.52. The first kappa shape index (κ1) is 16.3. The first-order valence-corrected chi connectivity index (χ1v) is 10.2. The van der Waals surface area contributed by atoms with Crippen LogP contribution < -0.4 is 11.1 Å². The van der Waals surface area contributed by atoms with E-state index in [0.717, 1.165) is 17.0 Å². The summed E-state index contributed by atoms with van der Waals surface area (Å²) in [7, 11) is 0. The van der Waals surface area contributed by atoms with E-state index in [0.29, 0.717) is 17.3 Å². The van der Waals surface area contributed by atoms with Gasteiger partial charge in [0.05, 0.1) is 5.39 Å². The molecule has 1 saturated heterocycles. The average molecular weight is 351 g/mol. The van der Waals surface area contributed by atoms with Crippen LogP contribution in [0.15, 0.2) is 30.2 Å². The van der Waals surface area contributed by atoms with Gasteiger partial charge in [-0.1, -0.05) is 11.6 Å². The smallest absolute Gasteiger partial charge is 0.145 e. The van der Waals surface area contributed by atoms with Crippen molar-refractivity contribution in [3.63, 3.8) is 0 Å². The van der Waals surface area contributed by atoms with Gasteiger partial charge in [-0.25, -0.2) is 9.97 Å². The molecule has 1 aliphatic heterocycles. The Hall–Kier alpha value is -1.88. The van der Waals surface area contributed by atoms with E-state index in [1.807, 2.05) is 0 Å². The Kier molecular flexibility index (Phi) is 4.00. The van der Waals surface area contributed by atoms with Gasteiger partial charge in [0.15, 0.2) is 0 Å². The molecule has 0 amide bonds. The molecule has 1 spiro atoms. The quantitative estimate of drug-likeness (QED) is 0.807. The Morgan fingerprint density at radius 1 is 1.19 bits per heavy atom. The van der Waals surface area contributed by atoms with Crippen molar-refractivity contribution in [1.82, 2.24) is 19.9 Å². The molecule has 2 aliphatic carbocycles. The van der Waals surface area contributed by atoms with Crippen LogP contribution in [0.1, 0.15) is 57.4 Å². The second-order valence-electron chi connectivity index (χ2n) is 8.52. The fraction of sp³-hybridized carbons (Fsp3) is 0.619. The number of piperidine rings is 1. The van der Waals surface area contributed by atoms with Gasteiger partial charge in [0.2, 0.25) is 0 Å². The largest absolute Gasteiger partial charge is 0.383 e. The van der Waals surface area contributed by atoms with Crippen molar-refractivity contribution < 1.29 is 0 Å². The minimum atomic E-state index is 0.533. The molecule has 2 atom stereocenters. The Morgan fingerprint density at radius 2 is 2.08 bits per heavy atom. The van der Waals surface area contributed by atoms with Crippen molar-refractivity contribution in [2.24, 2.45) is 11.3 Å². The average Bonchev–Trinajstić information content (AvgIpc) is 3.36. The molecule has 2 aromatic rings. The Labute approximate surface area is 155 Å². The number of fused-ring (bicyclic) bond motifs is 1. The van der Waals surface area contributed by atoms with Crippen molar-refractivity contribution >= 4 is 16.9 Å². The minimum absolute atomic E-state index is 0.533. The van der Waals surface area contributed by atoms with Gasteiger partial charge >= 0.3 is 0 Å². The third kappa shape index (κ3) is 2.64. The summed E-state index contributed by atoms with van der Waals surface area (Å²) in [6, 6.07) is 2.60. The fourth-order valence-electron chi connectivity index (χ4n) is 5.74. The lowest BCUT2D eigenvalue weighted by Crippen LogP contribution is -2.36. The number of nitrogen functional groups attached to an aromatic ring is 1. The number of anilines is 1. The highest BCUT2D eigenvalue weighted by Gasteiger charge is 2.39. The monoisotopic (exact) mass is 351 g/mol. The summed E-state index contributed by atoms with van der Waals surface area (Å²) in [5, 5.41) is 4.53. The molecule has 5 nitrogen and oxygen atoms in total. The SMILES string of the molecule is Nc1ncnc2c1ccn2[C@H]1CC[C@@H](/C=C2\CCCC23CCNCC3)C1. The number of aromatic nitrogens is 3. The molecule has 2 saturated carbocycles. The highest BCUT2D eigenvalue weighted by Crippen LogP contribution is 2.50. The van der Waals surface area contributed by atoms with Crippen LogP contribution in [-0.4, -0.2) is 27.6 Å². The molecular weight excluding hydrogens is 322 g/mol. The fourth-order valence-corrected chi connectivity index (χ4v) is 5.74. The van der Waals surface area contributed by atoms with Gasteiger partial charge in [0.1, 0.15) is 17.8 Å². The molecule has 3 aliphatic rings. The summed E-state index contributed by atoms with van der Waals surface area (Å²) >= 11 is 0. The molecule has 3 fully saturated rings. The molecule has 5 heteroatoms. The van der Waals surface area contributed by atoms with Crippen LogP contribution >= 0.6 is 0 Å². The molecule has 0 aromatic carbocycles. The molecule has 0 radical (unpaired) electrons. The van der Waals surface area contributed by atoms with Crippen LogP contribution in [0, 0.1) is 11.3 Å². The Balaban J connectivity index is 1.36. The number of rotatable bonds is 2. The zero-order chi connectivity index (χ0) is 17.6. The van der Waals surface area contributed by atoms with Gasteiger partial charge in [-0.3, -0.25) is 0 Å². The van der Waals surface area contributed by atoms with Crippen molar-refractivity contribution in [3.05, 3.63) is 30.2 Å². The van der Waals surface area contributed by atoms with Gasteiger partial charge in [-0.05, 0) is 81.9 Å². The van der Waals surface area contributed by atoms with Crippen LogP contribution in [0.25, 0.3) is 11.0 Å². The second kappa shape index (κ2) is 6.38. The Morgan fingerprint density at radius 3 is 2.96 bits per heavy atom. The van der Waals surface area contributed by atoms with E-state index in [1.165, 1.54) is 64.5 Å². The Bertz CT molecular complexity index is 830. The molecule has 5 rings (SSSR count). The van der Waals surface area contributed by atoms with Gasteiger partial charge in [0.25, 0.3) is 0 Å². The van der Waals surface area contributed by atoms with E-state index < -0.39 is 0 Å². The highest BCUT2D eigenvalue weighted by atomic mass is 15.1. The van der Waals surface area contributed by atoms with E-state index in [4.69, 9.17) is 5.73 Å². The number of nitrogens with zero attached hydrogens (tertiary/aromatic N) is 3. The first-order chi connectivity index (χ1) is 12.8. The zero-order valence-corrected chi connectivity index (χ0v) is 15.5. The number of hydrogen-bond donors (Lipinski definition) is 2. The normalized spacial score (nSPS) is 29.9. The number of allylic oxidation sites excluding steroid dienone is 2. The molecule has 0 bridgehead atoms. The minimum Gasteiger partial charge on any atom is -0.383 e. The molecule has 0 unspecified atom stereocenters. The van der Waals surface area contributed by atoms with E-state index in [2.05, 4.69) is 38.2 Å². The molecule has 26 heavy (non-hydrogen) atoms. The van der Waals surface area contributed by atoms with Crippen molar-refractivity contribution in [3.8, 4) is 0 Å². The summed E-state index contributed by atoms with van der Waals surface area (Å²) in [5.74, 6) is 1.31. The van der Waals surface area contributed by atoms with E-state index in [9.17, 15) is 0 Å². The van der Waals surface area contributed by atoms with Crippen molar-refractivity contribution in [2.45, 2.75) is 57.4 Å². The summed E-state index contributed by atoms with van der Waals surface area (Å²) in [5.41, 5.74) is 9.32. The molecule has 3 heterocycles. The van der Waals surface area contributed by atoms with Gasteiger partial charge in [-0.2, -0.15) is 0 Å². The van der Waals surface area contributed by atoms with Gasteiger partial charge in [0, 0.05) is 12.2 Å². The predicted molar refractivity (Wildman–Crippen MR) is 105 cm³/mol. The van der Waals surface area contributed by atoms with Crippen molar-refractivity contribution in [2.75, 3.05) is 18.8 Å². The maximum Gasteiger partial charge on any atom is 0.145 e. The summed E-state index contributed by atoms with van der Waals surface area (Å²) in [6.45, 7) is 2.39. The third-order valence-corrected chi connectivity index (χ3v) is 7.16. The number of hydrogen-bond acceptors (Lipinski definition) is 4. The number of nitrogens with one attached hydrogen (secondary N) is 1. The lowest BCUT2D eigenvalue weighted by Gasteiger charge is -2.36. The lowest BCUT2D eigenvalue weighted by atomic mass is 9.73. The number of nitrogens with two attached hydrogens (primary N) is 1. The standard InChI is InChI=1S/C21H29N5/c22-19-18-5-11-26(20(18)25-14-24-19)17-4-3-15(13-17)12-16-2-1-6-21(16)7-9-23-10-8-21/h5,11-12,14-15,17,23H,1-4,6-10,13H2,(H2,22,24,25)/b16-12+/t15-,17-/m0/s1. The maximum atomic E-state index is 6.00.